The molecule has 0 aromatic carbocycles. The molecule has 0 aliphatic rings. The van der Waals surface area contributed by atoms with E-state index in [1.165, 1.54) is 6.20 Å². The summed E-state index contributed by atoms with van der Waals surface area (Å²) < 4.78 is 30.9. The Morgan fingerprint density at radius 3 is 2.17 bits per heavy atom. The molecule has 0 aliphatic carbocycles. The Morgan fingerprint density at radius 1 is 1.33 bits per heavy atom. The molecule has 60 valence electrons. The van der Waals surface area contributed by atoms with Gasteiger partial charge in [-0.3, -0.25) is 0 Å². The van der Waals surface area contributed by atoms with E-state index < -0.39 is 20.3 Å². The zero-order chi connectivity index (χ0) is 8.48. The second kappa shape index (κ2) is 4.50. The average Bonchev–Trinajstić information content (AvgIpc) is 1.86. The Kier molecular flexibility index (Phi) is 4.60. The van der Waals surface area contributed by atoms with Crippen molar-refractivity contribution in [1.29, 1.82) is 0 Å². The van der Waals surface area contributed by atoms with Crippen molar-refractivity contribution < 1.29 is 42.5 Å². The summed E-state index contributed by atoms with van der Waals surface area (Å²) in [5.74, 6) is 0. The maximum absolute atomic E-state index is 10.3. The summed E-state index contributed by atoms with van der Waals surface area (Å²) in [5.41, 5.74) is 0. The first-order valence-corrected chi connectivity index (χ1v) is 4.23. The summed E-state index contributed by atoms with van der Waals surface area (Å²) in [6.07, 6.45) is 2.27. The zero-order valence-corrected chi connectivity index (χ0v) is 9.63. The minimum Gasteiger partial charge on any atom is -0.743 e. The van der Waals surface area contributed by atoms with E-state index in [4.69, 9.17) is 11.6 Å². The quantitative estimate of drug-likeness (QED) is 0.370. The maximum atomic E-state index is 10.3. The molecule has 0 fully saturated rings. The minimum absolute atomic E-state index is 0. The van der Waals surface area contributed by atoms with E-state index in [1.807, 2.05) is 0 Å². The van der Waals surface area contributed by atoms with Gasteiger partial charge in [0.15, 0.2) is 10.2 Å². The fraction of sp³-hybridized carbons (Fsp3) is 0. The van der Waals surface area contributed by atoms with Crippen LogP contribution >= 0.6 is 11.6 Å². The van der Waals surface area contributed by atoms with E-state index in [9.17, 15) is 13.0 Å². The number of nitrogens with zero attached hydrogens (tertiary/aromatic N) is 2. The molecule has 0 saturated carbocycles. The second-order valence-electron chi connectivity index (χ2n) is 1.61. The van der Waals surface area contributed by atoms with Gasteiger partial charge in [-0.2, -0.15) is 0 Å². The molecule has 0 saturated heterocycles. The Hall–Kier alpha value is 0.280. The molecule has 0 amide bonds. The first kappa shape index (κ1) is 12.3. The van der Waals surface area contributed by atoms with Gasteiger partial charge in [0.25, 0.3) is 0 Å². The van der Waals surface area contributed by atoms with E-state index in [0.29, 0.717) is 0 Å². The van der Waals surface area contributed by atoms with Gasteiger partial charge in [-0.15, -0.1) is 0 Å². The standard InChI is InChI=1S/C4H3ClN2O3S.Na/c5-3-4(11(8,9)10)7-2-1-6-3;/h1-2H,(H,8,9,10);/q;+1/p-1. The first-order chi connectivity index (χ1) is 5.02. The van der Waals surface area contributed by atoms with Crippen LogP contribution in [0.25, 0.3) is 0 Å². The van der Waals surface area contributed by atoms with E-state index >= 15 is 0 Å². The average molecular weight is 217 g/mol. The molecular weight excluding hydrogens is 215 g/mol. The molecule has 1 aromatic rings. The molecular formula is C4H2ClN2NaO3S. The Labute approximate surface area is 96.2 Å². The van der Waals surface area contributed by atoms with Crippen LogP contribution in [0.3, 0.4) is 0 Å². The molecule has 1 heterocycles. The smallest absolute Gasteiger partial charge is 0.743 e. The maximum Gasteiger partial charge on any atom is 1.00 e. The fourth-order valence-corrected chi connectivity index (χ4v) is 1.31. The summed E-state index contributed by atoms with van der Waals surface area (Å²) in [6, 6.07) is 0. The fourth-order valence-electron chi connectivity index (χ4n) is 0.476. The van der Waals surface area contributed by atoms with Crippen molar-refractivity contribution in [2.75, 3.05) is 0 Å². The van der Waals surface area contributed by atoms with Gasteiger partial charge in [-0.1, -0.05) is 11.6 Å². The molecule has 0 radical (unpaired) electrons. The van der Waals surface area contributed by atoms with Gasteiger partial charge in [-0.05, 0) is 0 Å². The van der Waals surface area contributed by atoms with Gasteiger partial charge in [0.05, 0.1) is 0 Å². The Morgan fingerprint density at radius 2 is 1.83 bits per heavy atom. The number of hydrogen-bond donors (Lipinski definition) is 0. The summed E-state index contributed by atoms with van der Waals surface area (Å²) in [6.45, 7) is 0. The number of hydrogen-bond acceptors (Lipinski definition) is 5. The van der Waals surface area contributed by atoms with Crippen molar-refractivity contribution in [2.45, 2.75) is 5.03 Å². The number of aromatic nitrogens is 2. The van der Waals surface area contributed by atoms with Crippen LogP contribution in [0.5, 0.6) is 0 Å². The van der Waals surface area contributed by atoms with Crippen LogP contribution in [0, 0.1) is 0 Å². The minimum atomic E-state index is -4.59. The van der Waals surface area contributed by atoms with Crippen LogP contribution in [0.4, 0.5) is 0 Å². The summed E-state index contributed by atoms with van der Waals surface area (Å²) in [5, 5.41) is -1.14. The monoisotopic (exact) mass is 216 g/mol. The van der Waals surface area contributed by atoms with Gasteiger partial charge >= 0.3 is 29.6 Å². The van der Waals surface area contributed by atoms with E-state index in [-0.39, 0.29) is 29.6 Å². The van der Waals surface area contributed by atoms with Crippen molar-refractivity contribution in [2.24, 2.45) is 0 Å². The zero-order valence-electron chi connectivity index (χ0n) is 6.06. The number of rotatable bonds is 1. The molecule has 0 unspecified atom stereocenters. The van der Waals surface area contributed by atoms with Crippen molar-refractivity contribution in [3.8, 4) is 0 Å². The largest absolute Gasteiger partial charge is 1.00 e. The predicted molar refractivity (Wildman–Crippen MR) is 35.0 cm³/mol. The normalized spacial score (nSPS) is 10.5. The van der Waals surface area contributed by atoms with Crippen molar-refractivity contribution in [3.63, 3.8) is 0 Å². The Balaban J connectivity index is 0.00000121. The number of halogens is 1. The van der Waals surface area contributed by atoms with Crippen molar-refractivity contribution >= 4 is 21.7 Å². The van der Waals surface area contributed by atoms with Gasteiger partial charge < -0.3 is 4.55 Å². The molecule has 1 aromatic heterocycles. The van der Waals surface area contributed by atoms with Crippen molar-refractivity contribution in [3.05, 3.63) is 17.5 Å². The Bertz CT molecular complexity index is 368. The third-order valence-corrected chi connectivity index (χ3v) is 2.02. The predicted octanol–water partition coefficient (Wildman–Crippen LogP) is -2.96. The van der Waals surface area contributed by atoms with Crippen LogP contribution < -0.4 is 29.6 Å². The van der Waals surface area contributed by atoms with Gasteiger partial charge in [0.2, 0.25) is 0 Å². The SMILES string of the molecule is O=S(=O)([O-])c1nccnc1Cl.[Na+]. The van der Waals surface area contributed by atoms with E-state index in [0.717, 1.165) is 6.20 Å². The van der Waals surface area contributed by atoms with Crippen LogP contribution in [-0.4, -0.2) is 22.9 Å². The van der Waals surface area contributed by atoms with E-state index in [1.54, 1.807) is 0 Å². The van der Waals surface area contributed by atoms with Gasteiger partial charge in [0, 0.05) is 12.4 Å². The summed E-state index contributed by atoms with van der Waals surface area (Å²) >= 11 is 5.26. The molecule has 0 N–H and O–H groups in total. The topological polar surface area (TPSA) is 83.0 Å². The molecule has 5 nitrogen and oxygen atoms in total. The summed E-state index contributed by atoms with van der Waals surface area (Å²) in [7, 11) is -4.59. The molecule has 0 bridgehead atoms. The summed E-state index contributed by atoms with van der Waals surface area (Å²) in [4.78, 5) is 6.62. The van der Waals surface area contributed by atoms with Crippen LogP contribution in [0.2, 0.25) is 5.15 Å². The third-order valence-electron chi connectivity index (χ3n) is 0.860. The first-order valence-electron chi connectivity index (χ1n) is 2.44. The van der Waals surface area contributed by atoms with E-state index in [2.05, 4.69) is 9.97 Å². The molecule has 0 atom stereocenters. The van der Waals surface area contributed by atoms with Crippen molar-refractivity contribution in [1.82, 2.24) is 9.97 Å². The third kappa shape index (κ3) is 2.96. The molecule has 0 spiro atoms. The molecule has 0 aliphatic heterocycles. The van der Waals surface area contributed by atoms with Crippen LogP contribution in [0.1, 0.15) is 0 Å². The molecule has 1 rings (SSSR count). The van der Waals surface area contributed by atoms with Gasteiger partial charge in [-0.25, -0.2) is 18.4 Å². The molecule has 8 heteroatoms. The molecule has 12 heavy (non-hydrogen) atoms. The van der Waals surface area contributed by atoms with Crippen LogP contribution in [0.15, 0.2) is 17.4 Å². The van der Waals surface area contributed by atoms with Gasteiger partial charge in [0.1, 0.15) is 10.1 Å². The van der Waals surface area contributed by atoms with Crippen LogP contribution in [-0.2, 0) is 10.1 Å². The second-order valence-corrected chi connectivity index (χ2v) is 3.26.